The fraction of sp³-hybridized carbons (Fsp3) is 0.143. The van der Waals surface area contributed by atoms with Crippen molar-refractivity contribution in [3.05, 3.63) is 59.8 Å². The lowest BCUT2D eigenvalue weighted by Gasteiger charge is -2.14. The SMILES string of the molecule is COC(=O)Nc1nc2c(s1)-c1c(c(-c3cccnc3)nn1-c1ccc(N)cc1F)CC2. The third kappa shape index (κ3) is 3.30. The molecular formula is C21H17FN6O2S. The number of methoxy groups -OCH3 is 1. The molecule has 1 amide bonds. The van der Waals surface area contributed by atoms with E-state index in [0.29, 0.717) is 23.7 Å². The van der Waals surface area contributed by atoms with Crippen molar-refractivity contribution in [2.45, 2.75) is 12.8 Å². The molecule has 4 aromatic rings. The van der Waals surface area contributed by atoms with E-state index in [-0.39, 0.29) is 5.69 Å². The normalized spacial score (nSPS) is 12.2. The molecule has 3 aromatic heterocycles. The number of fused-ring (bicyclic) bond motifs is 3. The minimum atomic E-state index is -0.597. The summed E-state index contributed by atoms with van der Waals surface area (Å²) in [5, 5.41) is 7.80. The maximum atomic E-state index is 14.9. The number of carbonyl (C=O) groups is 1. The first-order chi connectivity index (χ1) is 15.0. The zero-order valence-electron chi connectivity index (χ0n) is 16.4. The van der Waals surface area contributed by atoms with Gasteiger partial charge in [-0.1, -0.05) is 11.3 Å². The van der Waals surface area contributed by atoms with Gasteiger partial charge < -0.3 is 10.5 Å². The smallest absolute Gasteiger partial charge is 0.413 e. The number of benzene rings is 1. The van der Waals surface area contributed by atoms with Crippen LogP contribution < -0.4 is 11.1 Å². The van der Waals surface area contributed by atoms with Crippen molar-refractivity contribution < 1.29 is 13.9 Å². The van der Waals surface area contributed by atoms with Crippen molar-refractivity contribution in [1.82, 2.24) is 19.7 Å². The van der Waals surface area contributed by atoms with Crippen molar-refractivity contribution in [3.8, 4) is 27.5 Å². The maximum Gasteiger partial charge on any atom is 0.413 e. The standard InChI is InChI=1S/C21H17FN6O2S/c1-30-21(29)26-20-25-15-6-5-13-17(11-3-2-8-24-10-11)27-28(18(13)19(15)31-20)16-7-4-12(23)9-14(16)22/h2-4,7-10H,5-6,23H2,1H3,(H,25,26,29). The van der Waals surface area contributed by atoms with Gasteiger partial charge in [-0.2, -0.15) is 5.10 Å². The molecular weight excluding hydrogens is 419 g/mol. The first kappa shape index (κ1) is 19.2. The number of amides is 1. The summed E-state index contributed by atoms with van der Waals surface area (Å²) in [5.74, 6) is -0.479. The van der Waals surface area contributed by atoms with Crippen LogP contribution in [0.15, 0.2) is 42.7 Å². The Morgan fingerprint density at radius 3 is 2.94 bits per heavy atom. The zero-order valence-corrected chi connectivity index (χ0v) is 17.2. The highest BCUT2D eigenvalue weighted by Crippen LogP contribution is 2.44. The second-order valence-electron chi connectivity index (χ2n) is 6.95. The lowest BCUT2D eigenvalue weighted by molar-refractivity contribution is 0.187. The number of rotatable bonds is 3. The molecule has 1 aliphatic carbocycles. The number of carbonyl (C=O) groups excluding carboxylic acids is 1. The van der Waals surface area contributed by atoms with Crippen molar-refractivity contribution in [2.24, 2.45) is 0 Å². The molecule has 8 nitrogen and oxygen atoms in total. The highest BCUT2D eigenvalue weighted by Gasteiger charge is 2.30. The number of anilines is 2. The van der Waals surface area contributed by atoms with Crippen LogP contribution in [0.25, 0.3) is 27.5 Å². The van der Waals surface area contributed by atoms with Crippen LogP contribution in [0.2, 0.25) is 0 Å². The first-order valence-corrected chi connectivity index (χ1v) is 10.3. The Kier molecular flexibility index (Phi) is 4.63. The Balaban J connectivity index is 1.73. The topological polar surface area (TPSA) is 108 Å². The summed E-state index contributed by atoms with van der Waals surface area (Å²) >= 11 is 1.30. The van der Waals surface area contributed by atoms with E-state index >= 15 is 0 Å². The van der Waals surface area contributed by atoms with Crippen LogP contribution >= 0.6 is 11.3 Å². The third-order valence-electron chi connectivity index (χ3n) is 5.04. The minimum Gasteiger partial charge on any atom is -0.453 e. The van der Waals surface area contributed by atoms with E-state index < -0.39 is 11.9 Å². The van der Waals surface area contributed by atoms with E-state index in [0.717, 1.165) is 33.1 Å². The molecule has 0 atom stereocenters. The number of nitrogen functional groups attached to an aromatic ring is 1. The van der Waals surface area contributed by atoms with E-state index in [4.69, 9.17) is 10.8 Å². The summed E-state index contributed by atoms with van der Waals surface area (Å²) in [7, 11) is 1.29. The fourth-order valence-electron chi connectivity index (χ4n) is 3.67. The molecule has 156 valence electrons. The molecule has 0 bridgehead atoms. The van der Waals surface area contributed by atoms with Crippen LogP contribution in [0.5, 0.6) is 0 Å². The first-order valence-electron chi connectivity index (χ1n) is 9.48. The molecule has 0 saturated heterocycles. The predicted octanol–water partition coefficient (Wildman–Crippen LogP) is 4.06. The van der Waals surface area contributed by atoms with E-state index in [1.54, 1.807) is 29.2 Å². The molecule has 5 rings (SSSR count). The molecule has 1 aromatic carbocycles. The highest BCUT2D eigenvalue weighted by molar-refractivity contribution is 7.19. The average Bonchev–Trinajstić information content (AvgIpc) is 3.35. The molecule has 0 fully saturated rings. The van der Waals surface area contributed by atoms with Crippen molar-refractivity contribution >= 4 is 28.2 Å². The Bertz CT molecular complexity index is 1300. The maximum absolute atomic E-state index is 14.9. The average molecular weight is 436 g/mol. The fourth-order valence-corrected chi connectivity index (χ4v) is 4.72. The molecule has 10 heteroatoms. The van der Waals surface area contributed by atoms with Gasteiger partial charge in [-0.3, -0.25) is 10.3 Å². The van der Waals surface area contributed by atoms with E-state index in [9.17, 15) is 9.18 Å². The molecule has 0 unspecified atom stereocenters. The van der Waals surface area contributed by atoms with Crippen LogP contribution in [0.1, 0.15) is 11.3 Å². The number of hydrogen-bond donors (Lipinski definition) is 2. The van der Waals surface area contributed by atoms with Gasteiger partial charge in [-0.15, -0.1) is 0 Å². The van der Waals surface area contributed by atoms with Crippen molar-refractivity contribution in [3.63, 3.8) is 0 Å². The van der Waals surface area contributed by atoms with Gasteiger partial charge in [0.15, 0.2) is 10.9 Å². The van der Waals surface area contributed by atoms with E-state index in [1.165, 1.54) is 24.5 Å². The quantitative estimate of drug-likeness (QED) is 0.469. The van der Waals surface area contributed by atoms with Gasteiger partial charge in [-0.25, -0.2) is 18.9 Å². The summed E-state index contributed by atoms with van der Waals surface area (Å²) in [4.78, 5) is 21.2. The summed E-state index contributed by atoms with van der Waals surface area (Å²) < 4.78 is 21.1. The number of hydrogen-bond acceptors (Lipinski definition) is 7. The van der Waals surface area contributed by atoms with Crippen LogP contribution in [0.4, 0.5) is 20.0 Å². The van der Waals surface area contributed by atoms with Crippen molar-refractivity contribution in [2.75, 3.05) is 18.2 Å². The lowest BCUT2D eigenvalue weighted by atomic mass is 9.95. The summed E-state index contributed by atoms with van der Waals surface area (Å²) in [6, 6.07) is 8.27. The number of nitrogens with one attached hydrogen (secondary N) is 1. The van der Waals surface area contributed by atoms with Gasteiger partial charge >= 0.3 is 6.09 Å². The number of aryl methyl sites for hydroxylation is 1. The largest absolute Gasteiger partial charge is 0.453 e. The van der Waals surface area contributed by atoms with Gasteiger partial charge in [0.1, 0.15) is 5.69 Å². The Hall–Kier alpha value is -3.79. The number of halogens is 1. The lowest BCUT2D eigenvalue weighted by Crippen LogP contribution is -2.10. The number of aromatic nitrogens is 4. The molecule has 0 spiro atoms. The predicted molar refractivity (Wildman–Crippen MR) is 116 cm³/mol. The second-order valence-corrected chi connectivity index (χ2v) is 7.95. The van der Waals surface area contributed by atoms with Crippen molar-refractivity contribution in [1.29, 1.82) is 0 Å². The Labute approximate surface area is 180 Å². The summed E-state index contributed by atoms with van der Waals surface area (Å²) in [6.45, 7) is 0. The Morgan fingerprint density at radius 2 is 2.19 bits per heavy atom. The number of nitrogens with zero attached hydrogens (tertiary/aromatic N) is 4. The summed E-state index contributed by atoms with van der Waals surface area (Å²) in [5.41, 5.74) is 10.5. The van der Waals surface area contributed by atoms with Gasteiger partial charge in [-0.05, 0) is 43.2 Å². The minimum absolute atomic E-state index is 0.282. The molecule has 1 aliphatic rings. The van der Waals surface area contributed by atoms with E-state index in [2.05, 4.69) is 20.0 Å². The third-order valence-corrected chi connectivity index (χ3v) is 6.06. The van der Waals surface area contributed by atoms with Gasteiger partial charge in [0.25, 0.3) is 0 Å². The zero-order chi connectivity index (χ0) is 21.5. The highest BCUT2D eigenvalue weighted by atomic mass is 32.1. The van der Waals surface area contributed by atoms with Crippen LogP contribution in [0.3, 0.4) is 0 Å². The molecule has 0 aliphatic heterocycles. The second kappa shape index (κ2) is 7.47. The van der Waals surface area contributed by atoms with Gasteiger partial charge in [0.05, 0.1) is 29.1 Å². The number of thiazole rings is 1. The number of nitrogens with two attached hydrogens (primary N) is 1. The molecule has 0 saturated carbocycles. The van der Waals surface area contributed by atoms with Gasteiger partial charge in [0, 0.05) is 29.2 Å². The number of pyridine rings is 1. The summed E-state index contributed by atoms with van der Waals surface area (Å²) in [6.07, 6.45) is 4.17. The molecule has 31 heavy (non-hydrogen) atoms. The number of ether oxygens (including phenoxy) is 1. The van der Waals surface area contributed by atoms with Crippen LogP contribution in [-0.2, 0) is 17.6 Å². The van der Waals surface area contributed by atoms with E-state index in [1.807, 2.05) is 12.1 Å². The van der Waals surface area contributed by atoms with Crippen LogP contribution in [-0.4, -0.2) is 33.0 Å². The molecule has 3 N–H and O–H groups in total. The monoisotopic (exact) mass is 436 g/mol. The molecule has 3 heterocycles. The van der Waals surface area contributed by atoms with Crippen LogP contribution in [0, 0.1) is 5.82 Å². The van der Waals surface area contributed by atoms with Gasteiger partial charge in [0.2, 0.25) is 0 Å². The Morgan fingerprint density at radius 1 is 1.32 bits per heavy atom. The molecule has 0 radical (unpaired) electrons.